The van der Waals surface area contributed by atoms with E-state index in [1.807, 2.05) is 38.1 Å². The highest BCUT2D eigenvalue weighted by molar-refractivity contribution is 7.92. The molecule has 3 aromatic rings. The van der Waals surface area contributed by atoms with Crippen molar-refractivity contribution in [1.29, 1.82) is 0 Å². The predicted octanol–water partition coefficient (Wildman–Crippen LogP) is 4.97. The van der Waals surface area contributed by atoms with Crippen molar-refractivity contribution >= 4 is 50.7 Å². The lowest BCUT2D eigenvalue weighted by atomic mass is 10.1. The number of anilines is 1. The smallest absolute Gasteiger partial charge is 0.264 e. The van der Waals surface area contributed by atoms with Crippen LogP contribution >= 0.6 is 23.2 Å². The van der Waals surface area contributed by atoms with E-state index in [-0.39, 0.29) is 33.1 Å². The zero-order valence-corrected chi connectivity index (χ0v) is 23.4. The van der Waals surface area contributed by atoms with Crippen LogP contribution in [0.5, 0.6) is 0 Å². The summed E-state index contributed by atoms with van der Waals surface area (Å²) in [5, 5.41) is 2.96. The molecule has 0 aromatic heterocycles. The molecular weight excluding hydrogens is 533 g/mol. The van der Waals surface area contributed by atoms with Gasteiger partial charge in [0.25, 0.3) is 10.0 Å². The molecule has 10 heteroatoms. The van der Waals surface area contributed by atoms with E-state index in [4.69, 9.17) is 23.2 Å². The van der Waals surface area contributed by atoms with Gasteiger partial charge in [-0.2, -0.15) is 0 Å². The molecule has 37 heavy (non-hydrogen) atoms. The maximum Gasteiger partial charge on any atom is 0.264 e. The van der Waals surface area contributed by atoms with Gasteiger partial charge in [-0.3, -0.25) is 13.9 Å². The molecule has 0 saturated carbocycles. The van der Waals surface area contributed by atoms with Crippen molar-refractivity contribution in [3.63, 3.8) is 0 Å². The minimum absolute atomic E-state index is 0.0155. The lowest BCUT2D eigenvalue weighted by Crippen LogP contribution is -2.50. The molecule has 0 heterocycles. The summed E-state index contributed by atoms with van der Waals surface area (Å²) >= 11 is 12.3. The number of hydrogen-bond donors (Lipinski definition) is 1. The third-order valence-electron chi connectivity index (χ3n) is 6.09. The van der Waals surface area contributed by atoms with Crippen molar-refractivity contribution in [1.82, 2.24) is 10.2 Å². The van der Waals surface area contributed by atoms with Crippen molar-refractivity contribution in [2.24, 2.45) is 0 Å². The molecular formula is C27H29Cl2N3O4S. The van der Waals surface area contributed by atoms with Crippen LogP contribution in [0.25, 0.3) is 0 Å². The van der Waals surface area contributed by atoms with Gasteiger partial charge in [0.15, 0.2) is 0 Å². The molecule has 0 saturated heterocycles. The number of nitrogens with one attached hydrogen (secondary N) is 1. The third kappa shape index (κ3) is 6.63. The molecule has 0 aliphatic rings. The Hall–Kier alpha value is -3.07. The summed E-state index contributed by atoms with van der Waals surface area (Å²) in [6.45, 7) is 4.93. The lowest BCUT2D eigenvalue weighted by molar-refractivity contribution is -0.139. The van der Waals surface area contributed by atoms with Crippen LogP contribution in [0.1, 0.15) is 23.6 Å². The molecule has 0 bridgehead atoms. The van der Waals surface area contributed by atoms with Gasteiger partial charge in [0.2, 0.25) is 11.8 Å². The molecule has 0 unspecified atom stereocenters. The Bertz CT molecular complexity index is 1400. The number of likely N-dealkylation sites (N-methyl/N-ethyl adjacent to an activating group) is 1. The van der Waals surface area contributed by atoms with Crippen LogP contribution in [-0.4, -0.2) is 44.8 Å². The zero-order valence-electron chi connectivity index (χ0n) is 21.0. The molecule has 1 atom stereocenters. The van der Waals surface area contributed by atoms with Crippen molar-refractivity contribution in [3.05, 3.63) is 93.5 Å². The highest BCUT2D eigenvalue weighted by Crippen LogP contribution is 2.31. The van der Waals surface area contributed by atoms with Crippen LogP contribution in [-0.2, 0) is 26.2 Å². The lowest BCUT2D eigenvalue weighted by Gasteiger charge is -2.32. The van der Waals surface area contributed by atoms with E-state index >= 15 is 0 Å². The van der Waals surface area contributed by atoms with Crippen molar-refractivity contribution in [3.8, 4) is 0 Å². The number of hydrogen-bond acceptors (Lipinski definition) is 4. The van der Waals surface area contributed by atoms with Gasteiger partial charge < -0.3 is 10.2 Å². The zero-order chi connectivity index (χ0) is 27.3. The molecule has 0 aliphatic carbocycles. The van der Waals surface area contributed by atoms with Crippen LogP contribution in [0.2, 0.25) is 10.0 Å². The summed E-state index contributed by atoms with van der Waals surface area (Å²) in [7, 11) is -2.69. The number of nitrogens with zero attached hydrogens (tertiary/aromatic N) is 2. The first kappa shape index (κ1) is 28.5. The maximum atomic E-state index is 13.8. The second-order valence-electron chi connectivity index (χ2n) is 8.66. The molecule has 7 nitrogen and oxygen atoms in total. The first-order valence-electron chi connectivity index (χ1n) is 11.6. The van der Waals surface area contributed by atoms with Gasteiger partial charge in [0, 0.05) is 13.6 Å². The Kier molecular flexibility index (Phi) is 9.23. The number of carbonyl (C=O) groups is 2. The van der Waals surface area contributed by atoms with E-state index in [2.05, 4.69) is 5.32 Å². The number of benzene rings is 3. The molecule has 3 aromatic carbocycles. The summed E-state index contributed by atoms with van der Waals surface area (Å²) in [5.41, 5.74) is 2.85. The number of rotatable bonds is 9. The van der Waals surface area contributed by atoms with Crippen LogP contribution < -0.4 is 9.62 Å². The number of amides is 2. The second kappa shape index (κ2) is 12.0. The second-order valence-corrected chi connectivity index (χ2v) is 11.3. The van der Waals surface area contributed by atoms with E-state index < -0.39 is 28.5 Å². The van der Waals surface area contributed by atoms with Crippen LogP contribution in [0.4, 0.5) is 5.69 Å². The molecule has 0 fully saturated rings. The highest BCUT2D eigenvalue weighted by Gasteiger charge is 2.32. The monoisotopic (exact) mass is 561 g/mol. The van der Waals surface area contributed by atoms with Gasteiger partial charge in [-0.1, -0.05) is 65.2 Å². The van der Waals surface area contributed by atoms with Crippen molar-refractivity contribution in [2.45, 2.75) is 38.3 Å². The minimum atomic E-state index is -4.18. The first-order chi connectivity index (χ1) is 17.4. The summed E-state index contributed by atoms with van der Waals surface area (Å²) in [4.78, 5) is 27.7. The topological polar surface area (TPSA) is 86.8 Å². The Labute approximate surface area is 228 Å². The molecule has 0 spiro atoms. The third-order valence-corrected chi connectivity index (χ3v) is 8.62. The van der Waals surface area contributed by atoms with Gasteiger partial charge in [-0.25, -0.2) is 8.42 Å². The first-order valence-corrected chi connectivity index (χ1v) is 13.7. The van der Waals surface area contributed by atoms with Crippen molar-refractivity contribution in [2.75, 3.05) is 17.9 Å². The van der Waals surface area contributed by atoms with E-state index in [0.717, 1.165) is 21.0 Å². The molecule has 1 N–H and O–H groups in total. The van der Waals surface area contributed by atoms with E-state index in [0.29, 0.717) is 0 Å². The van der Waals surface area contributed by atoms with Gasteiger partial charge in [0.1, 0.15) is 12.6 Å². The molecule has 3 rings (SSSR count). The van der Waals surface area contributed by atoms with Crippen molar-refractivity contribution < 1.29 is 18.0 Å². The molecule has 2 amide bonds. The van der Waals surface area contributed by atoms with E-state index in [1.54, 1.807) is 19.1 Å². The number of sulfonamides is 1. The van der Waals surface area contributed by atoms with Crippen LogP contribution in [0.15, 0.2) is 71.6 Å². The fourth-order valence-electron chi connectivity index (χ4n) is 3.77. The molecule has 196 valence electrons. The normalized spacial score (nSPS) is 12.1. The largest absolute Gasteiger partial charge is 0.357 e. The summed E-state index contributed by atoms with van der Waals surface area (Å²) in [6.07, 6.45) is 0. The number of aryl methyl sites for hydroxylation is 2. The molecule has 0 radical (unpaired) electrons. The average Bonchev–Trinajstić information content (AvgIpc) is 2.87. The Morgan fingerprint density at radius 2 is 1.59 bits per heavy atom. The van der Waals surface area contributed by atoms with E-state index in [9.17, 15) is 18.0 Å². The SMILES string of the molecule is CNC(=O)[C@H](C)N(Cc1ccccc1C)C(=O)CN(c1ccc(Cl)c(Cl)c1)S(=O)(=O)c1ccc(C)cc1. The summed E-state index contributed by atoms with van der Waals surface area (Å²) < 4.78 is 28.5. The van der Waals surface area contributed by atoms with Gasteiger partial charge in [-0.15, -0.1) is 0 Å². The quantitative estimate of drug-likeness (QED) is 0.399. The average molecular weight is 563 g/mol. The highest BCUT2D eigenvalue weighted by atomic mass is 35.5. The minimum Gasteiger partial charge on any atom is -0.357 e. The van der Waals surface area contributed by atoms with Gasteiger partial charge >= 0.3 is 0 Å². The number of carbonyl (C=O) groups excluding carboxylic acids is 2. The fourth-order valence-corrected chi connectivity index (χ4v) is 5.47. The Morgan fingerprint density at radius 3 is 2.19 bits per heavy atom. The predicted molar refractivity (Wildman–Crippen MR) is 147 cm³/mol. The van der Waals surface area contributed by atoms with Gasteiger partial charge in [-0.05, 0) is 62.2 Å². The maximum absolute atomic E-state index is 13.8. The van der Waals surface area contributed by atoms with E-state index in [1.165, 1.54) is 42.3 Å². The van der Waals surface area contributed by atoms with Gasteiger partial charge in [0.05, 0.1) is 20.6 Å². The van der Waals surface area contributed by atoms with Crippen LogP contribution in [0, 0.1) is 13.8 Å². The van der Waals surface area contributed by atoms with Crippen LogP contribution in [0.3, 0.4) is 0 Å². The molecule has 0 aliphatic heterocycles. The fraction of sp³-hybridized carbons (Fsp3) is 0.259. The summed E-state index contributed by atoms with van der Waals surface area (Å²) in [5.74, 6) is -0.925. The number of halogens is 2. The Balaban J connectivity index is 2.07. The standard InChI is InChI=1S/C27H29Cl2N3O4S/c1-18-9-12-23(13-10-18)37(35,36)32(22-11-14-24(28)25(29)15-22)17-26(33)31(20(3)27(34)30-4)16-21-8-6-5-7-19(21)2/h5-15,20H,16-17H2,1-4H3,(H,30,34)/t20-/m0/s1. The summed E-state index contributed by atoms with van der Waals surface area (Å²) in [6, 6.07) is 17.3. The Morgan fingerprint density at radius 1 is 0.946 bits per heavy atom.